The molecule has 3 unspecified atom stereocenters. The van der Waals surface area contributed by atoms with Gasteiger partial charge in [0.15, 0.2) is 0 Å². The third-order valence-corrected chi connectivity index (χ3v) is 4.71. The molecule has 3 heteroatoms. The first-order valence-electron chi connectivity index (χ1n) is 7.96. The van der Waals surface area contributed by atoms with Gasteiger partial charge in [-0.1, -0.05) is 26.7 Å². The monoisotopic (exact) mass is 263 g/mol. The molecule has 1 aliphatic rings. The molecule has 1 aromatic rings. The van der Waals surface area contributed by atoms with E-state index in [0.717, 1.165) is 31.3 Å². The van der Waals surface area contributed by atoms with Gasteiger partial charge in [0.2, 0.25) is 0 Å². The number of aryl methyl sites for hydroxylation is 1. The van der Waals surface area contributed by atoms with Crippen molar-refractivity contribution in [2.75, 3.05) is 13.6 Å². The van der Waals surface area contributed by atoms with Crippen molar-refractivity contribution < 1.29 is 0 Å². The Morgan fingerprint density at radius 3 is 2.89 bits per heavy atom. The van der Waals surface area contributed by atoms with Crippen LogP contribution in [0.4, 0.5) is 0 Å². The van der Waals surface area contributed by atoms with Gasteiger partial charge in [-0.15, -0.1) is 0 Å². The van der Waals surface area contributed by atoms with Crippen molar-refractivity contribution in [3.63, 3.8) is 0 Å². The first-order valence-corrected chi connectivity index (χ1v) is 7.96. The molecule has 0 aliphatic heterocycles. The summed E-state index contributed by atoms with van der Waals surface area (Å²) in [6, 6.07) is 2.25. The van der Waals surface area contributed by atoms with Crippen molar-refractivity contribution in [1.82, 2.24) is 15.1 Å². The Kier molecular flexibility index (Phi) is 5.44. The van der Waals surface area contributed by atoms with Gasteiger partial charge in [-0.2, -0.15) is 5.10 Å². The van der Waals surface area contributed by atoms with Crippen molar-refractivity contribution in [2.45, 2.75) is 58.4 Å². The quantitative estimate of drug-likeness (QED) is 0.852. The minimum absolute atomic E-state index is 0.695. The number of nitrogens with one attached hydrogen (secondary N) is 1. The summed E-state index contributed by atoms with van der Waals surface area (Å²) in [6.45, 7) is 6.76. The summed E-state index contributed by atoms with van der Waals surface area (Å²) >= 11 is 0. The molecular formula is C16H29N3. The summed E-state index contributed by atoms with van der Waals surface area (Å²) in [6.07, 6.45) is 8.58. The number of nitrogens with zero attached hydrogens (tertiary/aromatic N) is 2. The normalized spacial score (nSPS) is 27.6. The number of rotatable bonds is 6. The summed E-state index contributed by atoms with van der Waals surface area (Å²) in [7, 11) is 2.08. The Balaban J connectivity index is 2.17. The van der Waals surface area contributed by atoms with Crippen molar-refractivity contribution in [1.29, 1.82) is 0 Å². The van der Waals surface area contributed by atoms with Crippen LogP contribution in [0.1, 0.15) is 57.6 Å². The van der Waals surface area contributed by atoms with E-state index in [1.54, 1.807) is 0 Å². The highest BCUT2D eigenvalue weighted by molar-refractivity contribution is 5.11. The van der Waals surface area contributed by atoms with E-state index in [1.165, 1.54) is 31.4 Å². The lowest BCUT2D eigenvalue weighted by molar-refractivity contribution is 0.220. The van der Waals surface area contributed by atoms with Gasteiger partial charge in [-0.25, -0.2) is 0 Å². The second kappa shape index (κ2) is 7.09. The van der Waals surface area contributed by atoms with E-state index in [2.05, 4.69) is 42.1 Å². The van der Waals surface area contributed by atoms with Crippen molar-refractivity contribution in [3.8, 4) is 0 Å². The van der Waals surface area contributed by atoms with Crippen LogP contribution >= 0.6 is 0 Å². The third kappa shape index (κ3) is 3.38. The van der Waals surface area contributed by atoms with E-state index >= 15 is 0 Å². The highest BCUT2D eigenvalue weighted by Gasteiger charge is 2.32. The Bertz CT molecular complexity index is 372. The molecular weight excluding hydrogens is 234 g/mol. The number of aromatic nitrogens is 2. The van der Waals surface area contributed by atoms with E-state index in [-0.39, 0.29) is 0 Å². The average molecular weight is 263 g/mol. The topological polar surface area (TPSA) is 29.9 Å². The van der Waals surface area contributed by atoms with Crippen molar-refractivity contribution in [3.05, 3.63) is 18.0 Å². The van der Waals surface area contributed by atoms with Gasteiger partial charge in [0.05, 0.1) is 0 Å². The van der Waals surface area contributed by atoms with E-state index in [9.17, 15) is 0 Å². The minimum Gasteiger partial charge on any atom is -0.319 e. The second-order valence-corrected chi connectivity index (χ2v) is 5.99. The lowest BCUT2D eigenvalue weighted by Crippen LogP contribution is -2.31. The van der Waals surface area contributed by atoms with Crippen molar-refractivity contribution in [2.24, 2.45) is 11.8 Å². The van der Waals surface area contributed by atoms with Crippen LogP contribution in [0.5, 0.6) is 0 Å². The molecule has 19 heavy (non-hydrogen) atoms. The van der Waals surface area contributed by atoms with Crippen LogP contribution in [-0.4, -0.2) is 23.4 Å². The molecule has 1 saturated carbocycles. The minimum atomic E-state index is 0.695. The molecule has 0 amide bonds. The SMILES string of the molecule is CCCn1nccc1C1CC(CC)CCC1CNC. The lowest BCUT2D eigenvalue weighted by atomic mass is 9.71. The first-order chi connectivity index (χ1) is 9.30. The molecule has 1 aliphatic carbocycles. The number of hydrogen-bond acceptors (Lipinski definition) is 2. The highest BCUT2D eigenvalue weighted by atomic mass is 15.3. The molecule has 0 bridgehead atoms. The Hall–Kier alpha value is -0.830. The maximum Gasteiger partial charge on any atom is 0.0492 e. The zero-order valence-corrected chi connectivity index (χ0v) is 12.7. The van der Waals surface area contributed by atoms with E-state index in [1.807, 2.05) is 6.20 Å². The fraction of sp³-hybridized carbons (Fsp3) is 0.812. The van der Waals surface area contributed by atoms with Crippen molar-refractivity contribution >= 4 is 0 Å². The highest BCUT2D eigenvalue weighted by Crippen LogP contribution is 2.41. The summed E-state index contributed by atoms with van der Waals surface area (Å²) in [5.41, 5.74) is 1.47. The molecule has 1 aromatic heterocycles. The molecule has 1 N–H and O–H groups in total. The van der Waals surface area contributed by atoms with Crippen LogP contribution in [0.25, 0.3) is 0 Å². The van der Waals surface area contributed by atoms with E-state index in [0.29, 0.717) is 5.92 Å². The summed E-state index contributed by atoms with van der Waals surface area (Å²) in [5, 5.41) is 7.91. The molecule has 0 radical (unpaired) electrons. The Morgan fingerprint density at radius 2 is 2.21 bits per heavy atom. The van der Waals surface area contributed by atoms with Crippen LogP contribution in [0.2, 0.25) is 0 Å². The van der Waals surface area contributed by atoms with Gasteiger partial charge in [-0.3, -0.25) is 4.68 Å². The zero-order valence-electron chi connectivity index (χ0n) is 12.7. The molecule has 3 nitrogen and oxygen atoms in total. The van der Waals surface area contributed by atoms with Gasteiger partial charge in [-0.05, 0) is 50.8 Å². The first kappa shape index (κ1) is 14.6. The molecule has 2 rings (SSSR count). The van der Waals surface area contributed by atoms with Gasteiger partial charge in [0.25, 0.3) is 0 Å². The number of hydrogen-bond donors (Lipinski definition) is 1. The zero-order chi connectivity index (χ0) is 13.7. The summed E-state index contributed by atoms with van der Waals surface area (Å²) in [5.74, 6) is 2.38. The summed E-state index contributed by atoms with van der Waals surface area (Å²) < 4.78 is 2.24. The fourth-order valence-corrected chi connectivity index (χ4v) is 3.62. The third-order valence-electron chi connectivity index (χ3n) is 4.71. The van der Waals surface area contributed by atoms with E-state index < -0.39 is 0 Å². The van der Waals surface area contributed by atoms with Gasteiger partial charge >= 0.3 is 0 Å². The fourth-order valence-electron chi connectivity index (χ4n) is 3.62. The van der Waals surface area contributed by atoms with Gasteiger partial charge < -0.3 is 5.32 Å². The molecule has 1 heterocycles. The smallest absolute Gasteiger partial charge is 0.0492 e. The molecule has 0 aromatic carbocycles. The summed E-state index contributed by atoms with van der Waals surface area (Å²) in [4.78, 5) is 0. The van der Waals surface area contributed by atoms with Crippen LogP contribution < -0.4 is 5.32 Å². The predicted octanol–water partition coefficient (Wildman–Crippen LogP) is 3.42. The molecule has 108 valence electrons. The molecule has 0 spiro atoms. The lowest BCUT2D eigenvalue weighted by Gasteiger charge is -2.36. The average Bonchev–Trinajstić information content (AvgIpc) is 2.88. The Labute approximate surface area is 117 Å². The molecule has 0 saturated heterocycles. The van der Waals surface area contributed by atoms with Crippen LogP contribution in [-0.2, 0) is 6.54 Å². The van der Waals surface area contributed by atoms with Crippen LogP contribution in [0, 0.1) is 11.8 Å². The second-order valence-electron chi connectivity index (χ2n) is 5.99. The maximum absolute atomic E-state index is 4.52. The van der Waals surface area contributed by atoms with Crippen LogP contribution in [0.3, 0.4) is 0 Å². The molecule has 1 fully saturated rings. The standard InChI is InChI=1S/C16H29N3/c1-4-10-19-16(8-9-18-19)15-11-13(5-2)6-7-14(15)12-17-3/h8-9,13-15,17H,4-7,10-12H2,1-3H3. The predicted molar refractivity (Wildman–Crippen MR) is 80.3 cm³/mol. The molecule has 3 atom stereocenters. The van der Waals surface area contributed by atoms with Crippen LogP contribution in [0.15, 0.2) is 12.3 Å². The largest absolute Gasteiger partial charge is 0.319 e. The van der Waals surface area contributed by atoms with Gasteiger partial charge in [0, 0.05) is 24.4 Å². The van der Waals surface area contributed by atoms with E-state index in [4.69, 9.17) is 0 Å². The Morgan fingerprint density at radius 1 is 1.37 bits per heavy atom. The van der Waals surface area contributed by atoms with Gasteiger partial charge in [0.1, 0.15) is 0 Å². The maximum atomic E-state index is 4.52.